The summed E-state index contributed by atoms with van der Waals surface area (Å²) < 4.78 is 24.2. The van der Waals surface area contributed by atoms with E-state index < -0.39 is 14.0 Å². The summed E-state index contributed by atoms with van der Waals surface area (Å²) >= 11 is 6.40. The predicted molar refractivity (Wildman–Crippen MR) is 81.7 cm³/mol. The molecule has 2 aromatic rings. The van der Waals surface area contributed by atoms with Crippen molar-refractivity contribution in [3.05, 3.63) is 64.5 Å². The zero-order valence-electron chi connectivity index (χ0n) is 12.0. The average Bonchev–Trinajstić information content (AvgIpc) is 2.41. The fourth-order valence-electron chi connectivity index (χ4n) is 2.18. The van der Waals surface area contributed by atoms with Gasteiger partial charge in [0.1, 0.15) is 0 Å². The van der Waals surface area contributed by atoms with Gasteiger partial charge in [-0.3, -0.25) is 0 Å². The molecule has 0 bridgehead atoms. The molecule has 0 aliphatic carbocycles. The van der Waals surface area contributed by atoms with Gasteiger partial charge in [0.2, 0.25) is 0 Å². The van der Waals surface area contributed by atoms with Gasteiger partial charge in [0.25, 0.3) is 9.84 Å². The lowest BCUT2D eigenvalue weighted by Crippen LogP contribution is -2.39. The van der Waals surface area contributed by atoms with Crippen molar-refractivity contribution >= 4 is 21.4 Å². The number of hydrogen-bond donors (Lipinski definition) is 0. The monoisotopic (exact) mass is 325 g/mol. The van der Waals surface area contributed by atoms with Crippen LogP contribution in [0.2, 0.25) is 0 Å². The maximum atomic E-state index is 12.8. The Balaban J connectivity index is 2.68. The van der Waals surface area contributed by atoms with E-state index in [1.807, 2.05) is 19.1 Å². The van der Waals surface area contributed by atoms with Crippen LogP contribution in [-0.4, -0.2) is 8.42 Å². The molecule has 0 saturated heterocycles. The minimum absolute atomic E-state index is 0.321. The first-order valence-electron chi connectivity index (χ1n) is 6.37. The van der Waals surface area contributed by atoms with Gasteiger partial charge in [-0.1, -0.05) is 35.4 Å². The maximum absolute atomic E-state index is 12.8. The lowest BCUT2D eigenvalue weighted by Gasteiger charge is -2.24. The van der Waals surface area contributed by atoms with Crippen LogP contribution in [0, 0.1) is 19.1 Å². The number of benzene rings is 1. The highest BCUT2D eigenvalue weighted by atomic mass is 35.5. The highest BCUT2D eigenvalue weighted by molar-refractivity contribution is 7.93. The van der Waals surface area contributed by atoms with Crippen molar-refractivity contribution in [2.45, 2.75) is 30.0 Å². The van der Waals surface area contributed by atoms with Crippen molar-refractivity contribution in [3.8, 4) is 0 Å². The van der Waals surface area contributed by atoms with Gasteiger partial charge in [-0.15, -0.1) is 0 Å². The van der Waals surface area contributed by atoms with Crippen molar-refractivity contribution in [1.82, 2.24) is 0 Å². The summed E-state index contributed by atoms with van der Waals surface area (Å²) in [6, 6.07) is 9.66. The molecule has 0 N–H and O–H groups in total. The van der Waals surface area contributed by atoms with Crippen LogP contribution in [0.5, 0.6) is 0 Å². The van der Waals surface area contributed by atoms with Crippen molar-refractivity contribution < 1.29 is 13.1 Å². The number of sulfone groups is 1. The smallest absolute Gasteiger partial charge is 0.310 e. The summed E-state index contributed by atoms with van der Waals surface area (Å²) in [7, 11) is -4.05. The molecule has 0 spiro atoms. The van der Waals surface area contributed by atoms with Crippen molar-refractivity contribution in [3.63, 3.8) is 0 Å². The Morgan fingerprint density at radius 3 is 2.48 bits per heavy atom. The van der Waals surface area contributed by atoms with Gasteiger partial charge in [0, 0.05) is 12.1 Å². The number of nitrogens with zero attached hydrogens (tertiary/aromatic N) is 1. The average molecular weight is 326 g/mol. The van der Waals surface area contributed by atoms with Crippen LogP contribution in [0.3, 0.4) is 0 Å². The Morgan fingerprint density at radius 2 is 1.86 bits per heavy atom. The molecule has 2 rings (SSSR count). The molecule has 6 heteroatoms. The number of alkyl halides is 1. The highest BCUT2D eigenvalue weighted by Crippen LogP contribution is 2.39. The fourth-order valence-corrected chi connectivity index (χ4v) is 4.08. The van der Waals surface area contributed by atoms with Gasteiger partial charge in [-0.05, 0) is 38.0 Å². The molecule has 4 nitrogen and oxygen atoms in total. The molecule has 0 amide bonds. The normalized spacial score (nSPS) is 14.7. The topological polar surface area (TPSA) is 61.1 Å². The standard InChI is InChI=1S/C15H16ClNO3S/c1-11-7-8-12(2)13(10-11)15(3,16)21(19,20)14-6-4-5-9-17(14)18/h4-10H,1-3H3. The summed E-state index contributed by atoms with van der Waals surface area (Å²) in [6.07, 6.45) is 1.14. The number of aryl methyl sites for hydroxylation is 2. The molecule has 1 unspecified atom stereocenters. The first-order valence-corrected chi connectivity index (χ1v) is 8.23. The molecular formula is C15H16ClNO3S. The third-order valence-electron chi connectivity index (χ3n) is 3.44. The molecule has 0 radical (unpaired) electrons. The number of pyridine rings is 1. The van der Waals surface area contributed by atoms with Crippen LogP contribution in [0.25, 0.3) is 0 Å². The molecule has 1 atom stereocenters. The Kier molecular flexibility index (Phi) is 4.00. The van der Waals surface area contributed by atoms with Gasteiger partial charge < -0.3 is 5.21 Å². The lowest BCUT2D eigenvalue weighted by atomic mass is 10.0. The second-order valence-electron chi connectivity index (χ2n) is 5.10. The van der Waals surface area contributed by atoms with E-state index in [0.717, 1.165) is 17.3 Å². The van der Waals surface area contributed by atoms with Crippen LogP contribution >= 0.6 is 11.6 Å². The van der Waals surface area contributed by atoms with Gasteiger partial charge in [-0.25, -0.2) is 8.42 Å². The van der Waals surface area contributed by atoms with E-state index >= 15 is 0 Å². The summed E-state index contributed by atoms with van der Waals surface area (Å²) in [4.78, 5) is 0. The fraction of sp³-hybridized carbons (Fsp3) is 0.267. The van der Waals surface area contributed by atoms with E-state index in [1.165, 1.54) is 25.1 Å². The van der Waals surface area contributed by atoms with E-state index in [9.17, 15) is 13.6 Å². The Hall–Kier alpha value is -1.59. The molecule has 1 aromatic heterocycles. The van der Waals surface area contributed by atoms with E-state index in [1.54, 1.807) is 13.0 Å². The minimum Gasteiger partial charge on any atom is -0.618 e. The third-order valence-corrected chi connectivity index (χ3v) is 6.35. The zero-order chi connectivity index (χ0) is 15.8. The molecule has 21 heavy (non-hydrogen) atoms. The van der Waals surface area contributed by atoms with Crippen LogP contribution in [0.15, 0.2) is 47.6 Å². The highest BCUT2D eigenvalue weighted by Gasteiger charge is 2.45. The summed E-state index contributed by atoms with van der Waals surface area (Å²) in [5.41, 5.74) is 2.14. The third kappa shape index (κ3) is 2.63. The summed E-state index contributed by atoms with van der Waals surface area (Å²) in [5.74, 6) is 0. The first kappa shape index (κ1) is 15.8. The molecule has 112 valence electrons. The van der Waals surface area contributed by atoms with Crippen molar-refractivity contribution in [1.29, 1.82) is 0 Å². The molecule has 0 aliphatic rings. The number of rotatable bonds is 3. The van der Waals surface area contributed by atoms with Crippen LogP contribution < -0.4 is 4.73 Å². The Morgan fingerprint density at radius 1 is 1.19 bits per heavy atom. The van der Waals surface area contributed by atoms with E-state index in [-0.39, 0.29) is 5.03 Å². The zero-order valence-corrected chi connectivity index (χ0v) is 13.6. The summed E-state index contributed by atoms with van der Waals surface area (Å²) in [6.45, 7) is 5.05. The SMILES string of the molecule is Cc1ccc(C)c(C(C)(Cl)S(=O)(=O)c2cccc[n+]2[O-])c1. The number of aromatic nitrogens is 1. The van der Waals surface area contributed by atoms with Crippen molar-refractivity contribution in [2.24, 2.45) is 0 Å². The molecule has 0 saturated carbocycles. The minimum atomic E-state index is -4.05. The Bertz CT molecular complexity index is 785. The first-order chi connectivity index (χ1) is 9.68. The molecule has 0 aliphatic heterocycles. The quantitative estimate of drug-likeness (QED) is 0.495. The molecule has 0 fully saturated rings. The predicted octanol–water partition coefficient (Wildman–Crippen LogP) is 2.82. The number of hydrogen-bond acceptors (Lipinski definition) is 3. The largest absolute Gasteiger partial charge is 0.618 e. The second kappa shape index (κ2) is 5.31. The van der Waals surface area contributed by atoms with Gasteiger partial charge in [-0.2, -0.15) is 4.73 Å². The van der Waals surface area contributed by atoms with Crippen LogP contribution in [0.1, 0.15) is 23.6 Å². The van der Waals surface area contributed by atoms with Gasteiger partial charge in [0.05, 0.1) is 0 Å². The second-order valence-corrected chi connectivity index (χ2v) is 8.32. The van der Waals surface area contributed by atoms with Gasteiger partial charge >= 0.3 is 5.03 Å². The van der Waals surface area contributed by atoms with Crippen LogP contribution in [-0.2, 0) is 14.0 Å². The molecule has 1 aromatic carbocycles. The summed E-state index contributed by atoms with van der Waals surface area (Å²) in [5, 5.41) is 11.4. The number of halogens is 1. The van der Waals surface area contributed by atoms with Crippen molar-refractivity contribution in [2.75, 3.05) is 0 Å². The van der Waals surface area contributed by atoms with E-state index in [4.69, 9.17) is 11.6 Å². The van der Waals surface area contributed by atoms with E-state index in [0.29, 0.717) is 10.3 Å². The molecular weight excluding hydrogens is 310 g/mol. The maximum Gasteiger partial charge on any atom is 0.310 e. The van der Waals surface area contributed by atoms with E-state index in [2.05, 4.69) is 0 Å². The van der Waals surface area contributed by atoms with Crippen LogP contribution in [0.4, 0.5) is 0 Å². The Labute approximate surface area is 129 Å². The lowest BCUT2D eigenvalue weighted by molar-refractivity contribution is -0.646. The molecule has 1 heterocycles. The van der Waals surface area contributed by atoms with Gasteiger partial charge in [0.15, 0.2) is 10.4 Å².